The number of fused-ring (bicyclic) bond motifs is 1. The molecule has 0 aliphatic carbocycles. The molecule has 0 amide bonds. The van der Waals surface area contributed by atoms with Gasteiger partial charge in [0.1, 0.15) is 0 Å². The molecule has 1 aliphatic rings. The maximum Gasteiger partial charge on any atom is 0.243 e. The van der Waals surface area contributed by atoms with Crippen molar-refractivity contribution < 1.29 is 8.42 Å². The van der Waals surface area contributed by atoms with Gasteiger partial charge in [-0.2, -0.15) is 4.31 Å². The van der Waals surface area contributed by atoms with E-state index in [1.807, 2.05) is 37.3 Å². The van der Waals surface area contributed by atoms with E-state index in [0.29, 0.717) is 24.5 Å². The van der Waals surface area contributed by atoms with Gasteiger partial charge in [-0.3, -0.25) is 0 Å². The zero-order chi connectivity index (χ0) is 14.2. The van der Waals surface area contributed by atoms with Crippen LogP contribution in [0.5, 0.6) is 0 Å². The zero-order valence-electron chi connectivity index (χ0n) is 11.8. The van der Waals surface area contributed by atoms with Gasteiger partial charge in [-0.1, -0.05) is 30.3 Å². The molecule has 1 heterocycles. The van der Waals surface area contributed by atoms with E-state index in [9.17, 15) is 8.42 Å². The second-order valence-electron chi connectivity index (χ2n) is 5.18. The Balaban J connectivity index is 0.00000161. The summed E-state index contributed by atoms with van der Waals surface area (Å²) < 4.78 is 27.1. The minimum atomic E-state index is -3.41. The second-order valence-corrected chi connectivity index (χ2v) is 7.07. The number of nitrogens with zero attached hydrogens (tertiary/aromatic N) is 1. The molecule has 114 valence electrons. The van der Waals surface area contributed by atoms with Gasteiger partial charge in [0.05, 0.1) is 4.90 Å². The van der Waals surface area contributed by atoms with E-state index in [-0.39, 0.29) is 18.4 Å². The van der Waals surface area contributed by atoms with Gasteiger partial charge < -0.3 is 5.32 Å². The van der Waals surface area contributed by atoms with Crippen molar-refractivity contribution in [1.82, 2.24) is 9.62 Å². The normalized spacial score (nSPS) is 20.1. The van der Waals surface area contributed by atoms with Crippen LogP contribution >= 0.6 is 12.4 Å². The zero-order valence-corrected chi connectivity index (χ0v) is 13.5. The lowest BCUT2D eigenvalue weighted by Crippen LogP contribution is -2.52. The minimum Gasteiger partial charge on any atom is -0.314 e. The molecule has 2 aromatic carbocycles. The lowest BCUT2D eigenvalue weighted by atomic mass is 10.1. The van der Waals surface area contributed by atoms with Gasteiger partial charge in [0.15, 0.2) is 0 Å². The van der Waals surface area contributed by atoms with Crippen LogP contribution in [0.15, 0.2) is 47.4 Å². The fourth-order valence-electron chi connectivity index (χ4n) is 2.64. The summed E-state index contributed by atoms with van der Waals surface area (Å²) >= 11 is 0. The van der Waals surface area contributed by atoms with Crippen molar-refractivity contribution >= 4 is 33.2 Å². The molecule has 1 aliphatic heterocycles. The number of benzene rings is 2. The van der Waals surface area contributed by atoms with Gasteiger partial charge in [0.2, 0.25) is 10.0 Å². The Hall–Kier alpha value is -1.14. The van der Waals surface area contributed by atoms with Crippen LogP contribution in [-0.2, 0) is 10.0 Å². The summed E-state index contributed by atoms with van der Waals surface area (Å²) in [4.78, 5) is 0.380. The van der Waals surface area contributed by atoms with Crippen LogP contribution in [0.25, 0.3) is 10.8 Å². The highest BCUT2D eigenvalue weighted by Gasteiger charge is 2.30. The first-order valence-corrected chi connectivity index (χ1v) is 8.24. The number of halogens is 1. The smallest absolute Gasteiger partial charge is 0.243 e. The Morgan fingerprint density at radius 3 is 2.57 bits per heavy atom. The van der Waals surface area contributed by atoms with Crippen LogP contribution in [0, 0.1) is 0 Å². The Bertz CT molecular complexity index is 733. The Kier molecular flexibility index (Phi) is 4.88. The van der Waals surface area contributed by atoms with Crippen molar-refractivity contribution in [3.63, 3.8) is 0 Å². The predicted molar refractivity (Wildman–Crippen MR) is 87.4 cm³/mol. The minimum absolute atomic E-state index is 0. The number of rotatable bonds is 2. The fourth-order valence-corrected chi connectivity index (χ4v) is 4.31. The molecule has 2 aromatic rings. The number of nitrogens with one attached hydrogen (secondary N) is 1. The van der Waals surface area contributed by atoms with Gasteiger partial charge in [0, 0.05) is 25.7 Å². The SMILES string of the molecule is C[C@H]1CNCCN1S(=O)(=O)c1ccc2ccccc2c1.Cl. The molecule has 0 aromatic heterocycles. The number of sulfonamides is 1. The highest BCUT2D eigenvalue weighted by molar-refractivity contribution is 7.89. The van der Waals surface area contributed by atoms with E-state index in [1.54, 1.807) is 16.4 Å². The van der Waals surface area contributed by atoms with Crippen LogP contribution in [0.2, 0.25) is 0 Å². The maximum atomic E-state index is 12.7. The third-order valence-electron chi connectivity index (χ3n) is 3.77. The van der Waals surface area contributed by atoms with Crippen molar-refractivity contribution in [1.29, 1.82) is 0 Å². The predicted octanol–water partition coefficient (Wildman–Crippen LogP) is 2.24. The molecular weight excluding hydrogens is 308 g/mol. The summed E-state index contributed by atoms with van der Waals surface area (Å²) in [5.41, 5.74) is 0. The third kappa shape index (κ3) is 3.06. The van der Waals surface area contributed by atoms with Gasteiger partial charge in [-0.25, -0.2) is 8.42 Å². The highest BCUT2D eigenvalue weighted by Crippen LogP contribution is 2.23. The van der Waals surface area contributed by atoms with Gasteiger partial charge in [-0.15, -0.1) is 12.4 Å². The van der Waals surface area contributed by atoms with Crippen molar-refractivity contribution in [2.75, 3.05) is 19.6 Å². The van der Waals surface area contributed by atoms with Crippen LogP contribution in [0.4, 0.5) is 0 Å². The molecule has 1 saturated heterocycles. The lowest BCUT2D eigenvalue weighted by molar-refractivity contribution is 0.284. The molecule has 0 spiro atoms. The molecule has 21 heavy (non-hydrogen) atoms. The molecule has 1 atom stereocenters. The highest BCUT2D eigenvalue weighted by atomic mass is 35.5. The van der Waals surface area contributed by atoms with E-state index in [4.69, 9.17) is 0 Å². The van der Waals surface area contributed by atoms with E-state index in [2.05, 4.69) is 5.32 Å². The Morgan fingerprint density at radius 1 is 1.14 bits per heavy atom. The maximum absolute atomic E-state index is 12.7. The molecule has 0 radical (unpaired) electrons. The van der Waals surface area contributed by atoms with Crippen molar-refractivity contribution in [3.05, 3.63) is 42.5 Å². The van der Waals surface area contributed by atoms with Crippen LogP contribution < -0.4 is 5.32 Å². The molecular formula is C15H19ClN2O2S. The summed E-state index contributed by atoms with van der Waals surface area (Å²) in [6, 6.07) is 13.1. The van der Waals surface area contributed by atoms with Gasteiger partial charge >= 0.3 is 0 Å². The standard InChI is InChI=1S/C15H18N2O2S.ClH/c1-12-11-16-8-9-17(12)20(18,19)15-7-6-13-4-2-3-5-14(13)10-15;/h2-7,10,12,16H,8-9,11H2,1H3;1H/t12-;/m0./s1. The molecule has 0 bridgehead atoms. The number of piperazine rings is 1. The topological polar surface area (TPSA) is 49.4 Å². The first-order valence-electron chi connectivity index (χ1n) is 6.80. The average molecular weight is 327 g/mol. The summed E-state index contributed by atoms with van der Waals surface area (Å²) in [6.07, 6.45) is 0. The molecule has 6 heteroatoms. The van der Waals surface area contributed by atoms with Crippen molar-refractivity contribution in [2.45, 2.75) is 17.9 Å². The molecule has 3 rings (SSSR count). The Morgan fingerprint density at radius 2 is 1.86 bits per heavy atom. The first-order chi connectivity index (χ1) is 9.59. The van der Waals surface area contributed by atoms with E-state index in [0.717, 1.165) is 10.8 Å². The van der Waals surface area contributed by atoms with Crippen molar-refractivity contribution in [3.8, 4) is 0 Å². The number of hydrogen-bond donors (Lipinski definition) is 1. The molecule has 0 saturated carbocycles. The summed E-state index contributed by atoms with van der Waals surface area (Å²) in [7, 11) is -3.41. The second kappa shape index (κ2) is 6.32. The van der Waals surface area contributed by atoms with Gasteiger partial charge in [0.25, 0.3) is 0 Å². The molecule has 0 unspecified atom stereocenters. The lowest BCUT2D eigenvalue weighted by Gasteiger charge is -2.32. The monoisotopic (exact) mass is 326 g/mol. The quantitative estimate of drug-likeness (QED) is 0.921. The third-order valence-corrected chi connectivity index (χ3v) is 5.78. The Labute approximate surface area is 131 Å². The number of hydrogen-bond acceptors (Lipinski definition) is 3. The van der Waals surface area contributed by atoms with Crippen LogP contribution in [0.3, 0.4) is 0 Å². The fraction of sp³-hybridized carbons (Fsp3) is 0.333. The average Bonchev–Trinajstić information content (AvgIpc) is 2.47. The molecule has 1 fully saturated rings. The summed E-state index contributed by atoms with van der Waals surface area (Å²) in [5.74, 6) is 0. The van der Waals surface area contributed by atoms with Crippen LogP contribution in [-0.4, -0.2) is 38.4 Å². The van der Waals surface area contributed by atoms with E-state index in [1.165, 1.54) is 0 Å². The van der Waals surface area contributed by atoms with E-state index >= 15 is 0 Å². The van der Waals surface area contributed by atoms with Crippen LogP contribution in [0.1, 0.15) is 6.92 Å². The van der Waals surface area contributed by atoms with Gasteiger partial charge in [-0.05, 0) is 29.8 Å². The first kappa shape index (κ1) is 16.2. The largest absolute Gasteiger partial charge is 0.314 e. The summed E-state index contributed by atoms with van der Waals surface area (Å²) in [6.45, 7) is 3.87. The molecule has 1 N–H and O–H groups in total. The summed E-state index contributed by atoms with van der Waals surface area (Å²) in [5, 5.41) is 5.22. The van der Waals surface area contributed by atoms with E-state index < -0.39 is 10.0 Å². The van der Waals surface area contributed by atoms with Crippen molar-refractivity contribution in [2.24, 2.45) is 0 Å². The molecule has 4 nitrogen and oxygen atoms in total.